The lowest BCUT2D eigenvalue weighted by atomic mass is 9.76. The minimum atomic E-state index is 0.649. The van der Waals surface area contributed by atoms with Crippen LogP contribution in [0.15, 0.2) is 60.7 Å². The van der Waals surface area contributed by atoms with Crippen LogP contribution < -0.4 is 0 Å². The zero-order valence-corrected chi connectivity index (χ0v) is 19.8. The van der Waals surface area contributed by atoms with Crippen LogP contribution in [-0.4, -0.2) is 0 Å². The van der Waals surface area contributed by atoms with Gasteiger partial charge in [-0.3, -0.25) is 0 Å². The molecule has 2 aromatic rings. The van der Waals surface area contributed by atoms with Crippen molar-refractivity contribution in [3.8, 4) is 0 Å². The SMILES string of the molecule is CCCCCCCCC(c1ccccc1)C(CCCCCCCC)c1ccccc1. The van der Waals surface area contributed by atoms with Crippen LogP contribution in [-0.2, 0) is 0 Å². The van der Waals surface area contributed by atoms with Gasteiger partial charge in [-0.05, 0) is 35.8 Å². The summed E-state index contributed by atoms with van der Waals surface area (Å²) in [7, 11) is 0. The van der Waals surface area contributed by atoms with Crippen molar-refractivity contribution >= 4 is 0 Å². The molecule has 2 aromatic carbocycles. The maximum absolute atomic E-state index is 2.37. The molecule has 0 heterocycles. The topological polar surface area (TPSA) is 0 Å². The van der Waals surface area contributed by atoms with Crippen LogP contribution in [0.4, 0.5) is 0 Å². The number of hydrogen-bond acceptors (Lipinski definition) is 0. The smallest absolute Gasteiger partial charge is 0.00931 e. The van der Waals surface area contributed by atoms with E-state index in [4.69, 9.17) is 0 Å². The average molecular weight is 407 g/mol. The number of rotatable bonds is 17. The van der Waals surface area contributed by atoms with E-state index in [1.165, 1.54) is 89.9 Å². The maximum atomic E-state index is 2.37. The van der Waals surface area contributed by atoms with E-state index in [-0.39, 0.29) is 0 Å². The van der Waals surface area contributed by atoms with Crippen LogP contribution >= 0.6 is 0 Å². The predicted molar refractivity (Wildman–Crippen MR) is 134 cm³/mol. The van der Waals surface area contributed by atoms with E-state index in [1.54, 1.807) is 11.1 Å². The minimum absolute atomic E-state index is 0.649. The fraction of sp³-hybridized carbons (Fsp3) is 0.600. The van der Waals surface area contributed by atoms with Crippen molar-refractivity contribution in [1.82, 2.24) is 0 Å². The Labute approximate surface area is 187 Å². The second-order valence-corrected chi connectivity index (χ2v) is 9.15. The van der Waals surface area contributed by atoms with Crippen molar-refractivity contribution in [3.05, 3.63) is 71.8 Å². The van der Waals surface area contributed by atoms with Gasteiger partial charge in [0.2, 0.25) is 0 Å². The highest BCUT2D eigenvalue weighted by molar-refractivity contribution is 5.28. The van der Waals surface area contributed by atoms with Gasteiger partial charge < -0.3 is 0 Å². The first-order valence-electron chi connectivity index (χ1n) is 13.0. The Morgan fingerprint density at radius 1 is 0.433 bits per heavy atom. The van der Waals surface area contributed by atoms with Crippen molar-refractivity contribution < 1.29 is 0 Å². The molecule has 0 fully saturated rings. The molecule has 0 N–H and O–H groups in total. The van der Waals surface area contributed by atoms with E-state index in [2.05, 4.69) is 74.5 Å². The second-order valence-electron chi connectivity index (χ2n) is 9.15. The summed E-state index contributed by atoms with van der Waals surface area (Å²) in [4.78, 5) is 0. The molecule has 166 valence electrons. The Bertz CT molecular complexity index is 558. The van der Waals surface area contributed by atoms with Gasteiger partial charge in [0, 0.05) is 0 Å². The Kier molecular flexibility index (Phi) is 13.3. The zero-order chi connectivity index (χ0) is 21.3. The second kappa shape index (κ2) is 16.2. The lowest BCUT2D eigenvalue weighted by Gasteiger charge is -2.29. The Hall–Kier alpha value is -1.56. The van der Waals surface area contributed by atoms with Gasteiger partial charge in [0.05, 0.1) is 0 Å². The molecule has 0 heteroatoms. The summed E-state index contributed by atoms with van der Waals surface area (Å²) in [5, 5.41) is 0. The Morgan fingerprint density at radius 3 is 1.13 bits per heavy atom. The summed E-state index contributed by atoms with van der Waals surface area (Å²) in [6.45, 7) is 4.61. The highest BCUT2D eigenvalue weighted by atomic mass is 14.3. The maximum Gasteiger partial charge on any atom is -0.00931 e. The standard InChI is InChI=1S/C30H46/c1-3-5-7-9-11-19-25-29(27-21-15-13-16-22-27)30(28-23-17-14-18-24-28)26-20-12-10-8-6-4-2/h13-18,21-24,29-30H,3-12,19-20,25-26H2,1-2H3. The average Bonchev–Trinajstić information content (AvgIpc) is 2.80. The van der Waals surface area contributed by atoms with E-state index in [0.29, 0.717) is 11.8 Å². The molecular formula is C30H46. The van der Waals surface area contributed by atoms with Crippen molar-refractivity contribution in [2.75, 3.05) is 0 Å². The van der Waals surface area contributed by atoms with E-state index in [1.807, 2.05) is 0 Å². The lowest BCUT2D eigenvalue weighted by Crippen LogP contribution is -2.12. The molecule has 0 aromatic heterocycles. The number of hydrogen-bond donors (Lipinski definition) is 0. The fourth-order valence-corrected chi connectivity index (χ4v) is 4.89. The van der Waals surface area contributed by atoms with Gasteiger partial charge >= 0.3 is 0 Å². The number of benzene rings is 2. The van der Waals surface area contributed by atoms with E-state index >= 15 is 0 Å². The van der Waals surface area contributed by atoms with Crippen LogP contribution in [0.25, 0.3) is 0 Å². The molecule has 0 saturated heterocycles. The monoisotopic (exact) mass is 406 g/mol. The summed E-state index contributed by atoms with van der Waals surface area (Å²) in [6, 6.07) is 22.8. The largest absolute Gasteiger partial charge is 0.0654 e. The Balaban J connectivity index is 2.05. The minimum Gasteiger partial charge on any atom is -0.0654 e. The molecule has 0 aliphatic rings. The third kappa shape index (κ3) is 9.50. The molecule has 0 saturated carbocycles. The third-order valence-electron chi connectivity index (χ3n) is 6.68. The third-order valence-corrected chi connectivity index (χ3v) is 6.68. The van der Waals surface area contributed by atoms with Gasteiger partial charge in [-0.2, -0.15) is 0 Å². The molecule has 2 unspecified atom stereocenters. The van der Waals surface area contributed by atoms with Crippen LogP contribution in [0, 0.1) is 0 Å². The van der Waals surface area contributed by atoms with Crippen molar-refractivity contribution in [2.45, 2.75) is 116 Å². The van der Waals surface area contributed by atoms with Crippen molar-refractivity contribution in [2.24, 2.45) is 0 Å². The number of unbranched alkanes of at least 4 members (excludes halogenated alkanes) is 10. The molecule has 0 nitrogen and oxygen atoms in total. The van der Waals surface area contributed by atoms with Gasteiger partial charge in [-0.25, -0.2) is 0 Å². The van der Waals surface area contributed by atoms with Gasteiger partial charge in [0.15, 0.2) is 0 Å². The first kappa shape index (κ1) is 24.7. The first-order chi connectivity index (χ1) is 14.9. The van der Waals surface area contributed by atoms with Crippen molar-refractivity contribution in [1.29, 1.82) is 0 Å². The summed E-state index contributed by atoms with van der Waals surface area (Å²) in [5.41, 5.74) is 3.09. The normalized spacial score (nSPS) is 13.3. The molecule has 30 heavy (non-hydrogen) atoms. The summed E-state index contributed by atoms with van der Waals surface area (Å²) >= 11 is 0. The lowest BCUT2D eigenvalue weighted by molar-refractivity contribution is 0.433. The van der Waals surface area contributed by atoms with Gasteiger partial charge in [-0.1, -0.05) is 152 Å². The van der Waals surface area contributed by atoms with E-state index in [9.17, 15) is 0 Å². The van der Waals surface area contributed by atoms with E-state index in [0.717, 1.165) is 0 Å². The summed E-state index contributed by atoms with van der Waals surface area (Å²) in [6.07, 6.45) is 19.2. The predicted octanol–water partition coefficient (Wildman–Crippen LogP) is 10.1. The molecule has 0 amide bonds. The Morgan fingerprint density at radius 2 is 0.767 bits per heavy atom. The molecule has 0 bridgehead atoms. The van der Waals surface area contributed by atoms with Gasteiger partial charge in [-0.15, -0.1) is 0 Å². The van der Waals surface area contributed by atoms with Crippen LogP contribution in [0.3, 0.4) is 0 Å². The highest BCUT2D eigenvalue weighted by Gasteiger charge is 2.24. The molecule has 0 aliphatic carbocycles. The summed E-state index contributed by atoms with van der Waals surface area (Å²) < 4.78 is 0. The van der Waals surface area contributed by atoms with Crippen LogP contribution in [0.2, 0.25) is 0 Å². The quantitative estimate of drug-likeness (QED) is 0.229. The molecule has 2 rings (SSSR count). The van der Waals surface area contributed by atoms with Crippen LogP contribution in [0.1, 0.15) is 127 Å². The van der Waals surface area contributed by atoms with Gasteiger partial charge in [0.1, 0.15) is 0 Å². The molecule has 0 radical (unpaired) electrons. The summed E-state index contributed by atoms with van der Waals surface area (Å²) in [5.74, 6) is 1.30. The van der Waals surface area contributed by atoms with Crippen LogP contribution in [0.5, 0.6) is 0 Å². The first-order valence-corrected chi connectivity index (χ1v) is 13.0. The van der Waals surface area contributed by atoms with Crippen molar-refractivity contribution in [3.63, 3.8) is 0 Å². The fourth-order valence-electron chi connectivity index (χ4n) is 4.89. The highest BCUT2D eigenvalue weighted by Crippen LogP contribution is 2.40. The van der Waals surface area contributed by atoms with Gasteiger partial charge in [0.25, 0.3) is 0 Å². The molecule has 2 atom stereocenters. The zero-order valence-electron chi connectivity index (χ0n) is 19.8. The molecular weight excluding hydrogens is 360 g/mol. The molecule has 0 aliphatic heterocycles. The van der Waals surface area contributed by atoms with E-state index < -0.39 is 0 Å². The molecule has 0 spiro atoms.